The minimum Gasteiger partial charge on any atom is -0.760 e. The van der Waals surface area contributed by atoms with Gasteiger partial charge in [0.05, 0.1) is 11.8 Å². The number of imidazole rings is 1. The Bertz CT molecular complexity index is 1330. The molecule has 4 aromatic rings. The maximum absolute atomic E-state index is 10.6. The Hall–Kier alpha value is -2.84. The molecule has 1 aliphatic rings. The van der Waals surface area contributed by atoms with Crippen molar-refractivity contribution in [2.75, 3.05) is 25.4 Å². The van der Waals surface area contributed by atoms with E-state index in [2.05, 4.69) is 37.1 Å². The van der Waals surface area contributed by atoms with Crippen LogP contribution in [0.15, 0.2) is 45.4 Å². The Morgan fingerprint density at radius 3 is 2.82 bits per heavy atom. The lowest BCUT2D eigenvalue weighted by atomic mass is 10.1. The Labute approximate surface area is 202 Å². The summed E-state index contributed by atoms with van der Waals surface area (Å²) >= 11 is -0.747. The lowest BCUT2D eigenvalue weighted by molar-refractivity contribution is 0.517. The number of hydrogen-bond acceptors (Lipinski definition) is 10. The second-order valence-corrected chi connectivity index (χ2v) is 9.53. The van der Waals surface area contributed by atoms with Crippen LogP contribution < -0.4 is 15.8 Å². The summed E-state index contributed by atoms with van der Waals surface area (Å²) in [5.74, 6) is 0.895. The number of nitrogens with one attached hydrogen (secondary N) is 2. The van der Waals surface area contributed by atoms with Gasteiger partial charge in [-0.1, -0.05) is 11.8 Å². The normalized spacial score (nSPS) is 14.0. The molecule has 1 unspecified atom stereocenters. The summed E-state index contributed by atoms with van der Waals surface area (Å²) in [5.41, 5.74) is 10.9. The number of benzene rings is 1. The molecule has 0 aliphatic heterocycles. The highest BCUT2D eigenvalue weighted by molar-refractivity contribution is 7.99. The number of anilines is 1. The summed E-state index contributed by atoms with van der Waals surface area (Å²) in [6.07, 6.45) is 7.89. The summed E-state index contributed by atoms with van der Waals surface area (Å²) in [7, 11) is 0. The number of aromatic nitrogens is 5. The first-order valence-electron chi connectivity index (χ1n) is 10.8. The van der Waals surface area contributed by atoms with Crippen LogP contribution in [0.3, 0.4) is 0 Å². The van der Waals surface area contributed by atoms with E-state index in [4.69, 9.17) is 15.1 Å². The number of fused-ring (bicyclic) bond motifs is 2. The van der Waals surface area contributed by atoms with Gasteiger partial charge >= 0.3 is 0 Å². The van der Waals surface area contributed by atoms with Gasteiger partial charge in [0.15, 0.2) is 22.1 Å². The third kappa shape index (κ3) is 4.83. The second kappa shape index (κ2) is 10.2. The molecular weight excluding hydrogens is 476 g/mol. The molecule has 1 atom stereocenters. The number of nitrogens with zero attached hydrogens (tertiary/aromatic N) is 5. The van der Waals surface area contributed by atoms with Gasteiger partial charge < -0.3 is 24.6 Å². The fraction of sp³-hybridized carbons (Fsp3) is 0.333. The van der Waals surface area contributed by atoms with E-state index >= 15 is 0 Å². The quantitative estimate of drug-likeness (QED) is 0.216. The van der Waals surface area contributed by atoms with Gasteiger partial charge in [0.1, 0.15) is 12.6 Å². The molecule has 0 amide bonds. The number of nitrogens with two attached hydrogens (primary N) is 1. The van der Waals surface area contributed by atoms with Crippen molar-refractivity contribution in [2.24, 2.45) is 0 Å². The molecule has 1 aliphatic carbocycles. The molecule has 0 saturated heterocycles. The first kappa shape index (κ1) is 22.9. The van der Waals surface area contributed by atoms with E-state index in [0.29, 0.717) is 49.1 Å². The van der Waals surface area contributed by atoms with Crippen LogP contribution in [-0.2, 0) is 30.7 Å². The van der Waals surface area contributed by atoms with Crippen LogP contribution in [0.2, 0.25) is 0 Å². The van der Waals surface area contributed by atoms with E-state index in [1.165, 1.54) is 29.2 Å². The van der Waals surface area contributed by atoms with E-state index in [1.807, 2.05) is 4.57 Å². The largest absolute Gasteiger partial charge is 0.760 e. The van der Waals surface area contributed by atoms with Crippen molar-refractivity contribution in [3.63, 3.8) is 0 Å². The summed E-state index contributed by atoms with van der Waals surface area (Å²) in [5, 5.41) is 3.95. The van der Waals surface area contributed by atoms with Gasteiger partial charge in [-0.25, -0.2) is 24.7 Å². The van der Waals surface area contributed by atoms with Gasteiger partial charge in [-0.15, -0.1) is 0 Å². The van der Waals surface area contributed by atoms with Crippen LogP contribution in [-0.4, -0.2) is 52.9 Å². The zero-order valence-electron chi connectivity index (χ0n) is 18.2. The second-order valence-electron chi connectivity index (χ2n) is 7.77. The first-order chi connectivity index (χ1) is 16.6. The molecule has 0 saturated carbocycles. The fourth-order valence-corrected chi connectivity index (χ4v) is 5.41. The van der Waals surface area contributed by atoms with E-state index in [0.717, 1.165) is 34.9 Å². The maximum Gasteiger partial charge on any atom is 0.227 e. The van der Waals surface area contributed by atoms with E-state index < -0.39 is 11.3 Å². The third-order valence-electron chi connectivity index (χ3n) is 5.62. The SMILES string of the molecule is Nc1ncnc2c1nc(Sc1cc3c(cc1-c1ncco1)CCC3)n2CCNCCNS(=O)[O-]. The zero-order valence-corrected chi connectivity index (χ0v) is 19.8. The van der Waals surface area contributed by atoms with Gasteiger partial charge in [-0.3, -0.25) is 4.21 Å². The number of oxazole rings is 1. The highest BCUT2D eigenvalue weighted by Gasteiger charge is 2.22. The van der Waals surface area contributed by atoms with Crippen LogP contribution in [0, 0.1) is 0 Å². The van der Waals surface area contributed by atoms with Crippen LogP contribution in [0.25, 0.3) is 22.6 Å². The predicted molar refractivity (Wildman–Crippen MR) is 128 cm³/mol. The number of aryl methyl sites for hydroxylation is 2. The lowest BCUT2D eigenvalue weighted by Crippen LogP contribution is -2.30. The van der Waals surface area contributed by atoms with Crippen molar-refractivity contribution in [3.05, 3.63) is 42.0 Å². The maximum atomic E-state index is 10.6. The average molecular weight is 500 g/mol. The summed E-state index contributed by atoms with van der Waals surface area (Å²) < 4.78 is 31.2. The van der Waals surface area contributed by atoms with Crippen molar-refractivity contribution in [1.82, 2.24) is 34.5 Å². The van der Waals surface area contributed by atoms with Crippen molar-refractivity contribution in [1.29, 1.82) is 0 Å². The third-order valence-corrected chi connectivity index (χ3v) is 7.11. The Balaban J connectivity index is 1.45. The van der Waals surface area contributed by atoms with E-state index in [9.17, 15) is 8.76 Å². The molecule has 0 fully saturated rings. The molecule has 0 radical (unpaired) electrons. The molecule has 0 spiro atoms. The molecule has 3 aromatic heterocycles. The van der Waals surface area contributed by atoms with E-state index in [-0.39, 0.29) is 0 Å². The first-order valence-corrected chi connectivity index (χ1v) is 12.7. The number of hydrogen-bond donors (Lipinski definition) is 3. The molecule has 0 bridgehead atoms. The summed E-state index contributed by atoms with van der Waals surface area (Å²) in [6, 6.07) is 4.38. The molecule has 1 aromatic carbocycles. The minimum atomic E-state index is -2.27. The van der Waals surface area contributed by atoms with Gasteiger partial charge in [-0.2, -0.15) is 0 Å². The van der Waals surface area contributed by atoms with Gasteiger partial charge in [0, 0.05) is 42.3 Å². The highest BCUT2D eigenvalue weighted by atomic mass is 32.2. The molecule has 4 N–H and O–H groups in total. The Kier molecular flexibility index (Phi) is 6.87. The van der Waals surface area contributed by atoms with Crippen LogP contribution in [0.1, 0.15) is 17.5 Å². The van der Waals surface area contributed by atoms with Crippen LogP contribution in [0.5, 0.6) is 0 Å². The van der Waals surface area contributed by atoms with Crippen molar-refractivity contribution >= 4 is 40.0 Å². The van der Waals surface area contributed by atoms with Gasteiger partial charge in [0.2, 0.25) is 5.89 Å². The summed E-state index contributed by atoms with van der Waals surface area (Å²) in [4.78, 5) is 18.6. The molecule has 34 heavy (non-hydrogen) atoms. The van der Waals surface area contributed by atoms with Crippen LogP contribution in [0.4, 0.5) is 5.82 Å². The average Bonchev–Trinajstić information content (AvgIpc) is 3.56. The van der Waals surface area contributed by atoms with Crippen LogP contribution >= 0.6 is 11.8 Å². The standard InChI is InChI=1S/C21H24N8O3S2/c22-18-17-19(26-12-25-18)29(8-6-23-4-5-27-34(30)31)21(28-17)33-16-11-14-3-1-2-13(14)10-15(16)20-24-7-9-32-20/h7,9-12,23,27H,1-6,8H2,(H,30,31)(H2,22,25,26)/p-1. The monoisotopic (exact) mass is 499 g/mol. The minimum absolute atomic E-state index is 0.312. The predicted octanol–water partition coefficient (Wildman–Crippen LogP) is 1.68. The molecular formula is C21H23N8O3S2-. The van der Waals surface area contributed by atoms with E-state index in [1.54, 1.807) is 12.5 Å². The lowest BCUT2D eigenvalue weighted by Gasteiger charge is -2.13. The number of rotatable bonds is 10. The smallest absolute Gasteiger partial charge is 0.227 e. The number of nitrogen functional groups attached to an aromatic ring is 1. The highest BCUT2D eigenvalue weighted by Crippen LogP contribution is 2.40. The topological polar surface area (TPSA) is 160 Å². The molecule has 3 heterocycles. The van der Waals surface area contributed by atoms with Crippen molar-refractivity contribution in [3.8, 4) is 11.5 Å². The molecule has 178 valence electrons. The van der Waals surface area contributed by atoms with Crippen molar-refractivity contribution < 1.29 is 13.2 Å². The van der Waals surface area contributed by atoms with Gasteiger partial charge in [0.25, 0.3) is 0 Å². The zero-order chi connectivity index (χ0) is 23.5. The van der Waals surface area contributed by atoms with Gasteiger partial charge in [-0.05, 0) is 42.5 Å². The summed E-state index contributed by atoms with van der Waals surface area (Å²) in [6.45, 7) is 1.97. The molecule has 11 nitrogen and oxygen atoms in total. The Morgan fingerprint density at radius 1 is 1.18 bits per heavy atom. The molecule has 13 heteroatoms. The molecule has 5 rings (SSSR count). The van der Waals surface area contributed by atoms with Crippen molar-refractivity contribution in [2.45, 2.75) is 35.9 Å². The fourth-order valence-electron chi connectivity index (χ4n) is 4.06. The Morgan fingerprint density at radius 2 is 2.03 bits per heavy atom.